The molecule has 3 rings (SSSR count). The van der Waals surface area contributed by atoms with Gasteiger partial charge in [0.05, 0.1) is 17.6 Å². The largest absolute Gasteiger partial charge is 0.492 e. The van der Waals surface area contributed by atoms with Gasteiger partial charge in [0.15, 0.2) is 0 Å². The molecule has 1 heterocycles. The molecule has 3 aromatic rings. The second kappa shape index (κ2) is 7.00. The molecule has 0 fully saturated rings. The lowest BCUT2D eigenvalue weighted by Gasteiger charge is -2.08. The third-order valence-corrected chi connectivity index (χ3v) is 3.68. The molecule has 0 saturated heterocycles. The zero-order valence-electron chi connectivity index (χ0n) is 12.7. The molecule has 5 heteroatoms. The maximum atomic E-state index is 8.21. The van der Waals surface area contributed by atoms with E-state index < -0.39 is 0 Å². The summed E-state index contributed by atoms with van der Waals surface area (Å²) in [6.45, 7) is 3.26. The topological polar surface area (TPSA) is 42.9 Å². The Kier molecular flexibility index (Phi) is 5.28. The van der Waals surface area contributed by atoms with E-state index in [2.05, 4.69) is 0 Å². The molecule has 0 unspecified atom stereocenters. The summed E-state index contributed by atoms with van der Waals surface area (Å²) in [7, 11) is 1.92. The number of benzene rings is 2. The van der Waals surface area contributed by atoms with Crippen molar-refractivity contribution in [1.29, 1.82) is 5.41 Å². The lowest BCUT2D eigenvalue weighted by atomic mass is 10.2. The highest BCUT2D eigenvalue weighted by Gasteiger charge is 2.07. The Bertz CT molecular complexity index is 835. The smallest absolute Gasteiger partial charge is 0.202 e. The Morgan fingerprint density at radius 2 is 1.77 bits per heavy atom. The summed E-state index contributed by atoms with van der Waals surface area (Å²) >= 11 is 0. The minimum atomic E-state index is 0. The fourth-order valence-corrected chi connectivity index (χ4v) is 2.57. The van der Waals surface area contributed by atoms with Crippen molar-refractivity contribution in [2.45, 2.75) is 13.5 Å². The van der Waals surface area contributed by atoms with E-state index in [1.807, 2.05) is 71.6 Å². The fraction of sp³-hybridized carbons (Fsp3) is 0.235. The average Bonchev–Trinajstić information content (AvgIpc) is 2.73. The van der Waals surface area contributed by atoms with Gasteiger partial charge in [0, 0.05) is 7.05 Å². The van der Waals surface area contributed by atoms with Crippen LogP contribution in [0, 0.1) is 12.3 Å². The van der Waals surface area contributed by atoms with Crippen LogP contribution in [-0.2, 0) is 13.6 Å². The van der Waals surface area contributed by atoms with Crippen molar-refractivity contribution in [2.75, 3.05) is 6.61 Å². The maximum absolute atomic E-state index is 8.21. The fourth-order valence-electron chi connectivity index (χ4n) is 2.57. The van der Waals surface area contributed by atoms with Gasteiger partial charge in [-0.2, -0.15) is 0 Å². The molecule has 0 spiro atoms. The van der Waals surface area contributed by atoms with Gasteiger partial charge in [-0.05, 0) is 36.8 Å². The first-order chi connectivity index (χ1) is 10.2. The van der Waals surface area contributed by atoms with Crippen LogP contribution in [0.15, 0.2) is 48.5 Å². The highest BCUT2D eigenvalue weighted by Crippen LogP contribution is 2.14. The van der Waals surface area contributed by atoms with Crippen molar-refractivity contribution in [1.82, 2.24) is 9.13 Å². The number of hydrogen-bond donors (Lipinski definition) is 1. The van der Waals surface area contributed by atoms with Gasteiger partial charge in [-0.15, -0.1) is 24.0 Å². The predicted molar refractivity (Wildman–Crippen MR) is 98.9 cm³/mol. The lowest BCUT2D eigenvalue weighted by molar-refractivity contribution is 0.296. The van der Waals surface area contributed by atoms with E-state index in [1.165, 1.54) is 5.56 Å². The minimum Gasteiger partial charge on any atom is -0.492 e. The van der Waals surface area contributed by atoms with Crippen molar-refractivity contribution in [3.05, 3.63) is 59.7 Å². The van der Waals surface area contributed by atoms with E-state index in [-0.39, 0.29) is 24.0 Å². The van der Waals surface area contributed by atoms with E-state index in [9.17, 15) is 0 Å². The normalized spacial score (nSPS) is 10.5. The predicted octanol–water partition coefficient (Wildman–Crippen LogP) is 3.46. The molecule has 22 heavy (non-hydrogen) atoms. The van der Waals surface area contributed by atoms with E-state index >= 15 is 0 Å². The molecule has 0 amide bonds. The summed E-state index contributed by atoms with van der Waals surface area (Å²) in [6, 6.07) is 16.1. The van der Waals surface area contributed by atoms with Gasteiger partial charge >= 0.3 is 0 Å². The van der Waals surface area contributed by atoms with Crippen LogP contribution in [-0.4, -0.2) is 15.7 Å². The first kappa shape index (κ1) is 16.6. The molecule has 0 aliphatic rings. The third kappa shape index (κ3) is 3.19. The highest BCUT2D eigenvalue weighted by molar-refractivity contribution is 14.0. The Morgan fingerprint density at radius 1 is 1.05 bits per heavy atom. The quantitative estimate of drug-likeness (QED) is 0.659. The van der Waals surface area contributed by atoms with Gasteiger partial charge in [0.2, 0.25) is 5.62 Å². The molecule has 0 aliphatic heterocycles. The van der Waals surface area contributed by atoms with Crippen LogP contribution in [0.2, 0.25) is 0 Å². The summed E-state index contributed by atoms with van der Waals surface area (Å²) < 4.78 is 9.66. The number of hydrogen-bond acceptors (Lipinski definition) is 2. The molecule has 0 atom stereocenters. The molecule has 2 aromatic carbocycles. The molecule has 0 bridgehead atoms. The second-order valence-corrected chi connectivity index (χ2v) is 5.19. The number of aryl methyl sites for hydroxylation is 2. The molecular weight excluding hydrogens is 389 g/mol. The summed E-state index contributed by atoms with van der Waals surface area (Å²) in [5, 5.41) is 8.21. The van der Waals surface area contributed by atoms with Crippen molar-refractivity contribution in [3.8, 4) is 5.75 Å². The number of rotatable bonds is 4. The molecule has 0 aliphatic carbocycles. The van der Waals surface area contributed by atoms with Crippen molar-refractivity contribution >= 4 is 35.0 Å². The van der Waals surface area contributed by atoms with E-state index in [1.54, 1.807) is 0 Å². The maximum Gasteiger partial charge on any atom is 0.202 e. The number of fused-ring (bicyclic) bond motifs is 1. The standard InChI is InChI=1S/C17H19N3O.HI/c1-13-6-5-7-14(12-13)21-11-10-20-16-9-4-3-8-15(16)19(2)17(20)18;/h3-9,12,18H,10-11H2,1-2H3;1H. The minimum absolute atomic E-state index is 0. The number of aromatic nitrogens is 2. The van der Waals surface area contributed by atoms with Crippen LogP contribution in [0.3, 0.4) is 0 Å². The lowest BCUT2D eigenvalue weighted by Crippen LogP contribution is -2.24. The Labute approximate surface area is 146 Å². The summed E-state index contributed by atoms with van der Waals surface area (Å²) in [5.74, 6) is 0.877. The average molecular weight is 409 g/mol. The summed E-state index contributed by atoms with van der Waals surface area (Å²) in [6.07, 6.45) is 0. The van der Waals surface area contributed by atoms with Crippen LogP contribution in [0.5, 0.6) is 5.75 Å². The van der Waals surface area contributed by atoms with Gasteiger partial charge in [-0.3, -0.25) is 5.41 Å². The Morgan fingerprint density at radius 3 is 2.50 bits per heavy atom. The van der Waals surface area contributed by atoms with Gasteiger partial charge in [0.25, 0.3) is 0 Å². The molecule has 116 valence electrons. The van der Waals surface area contributed by atoms with Crippen LogP contribution in [0.4, 0.5) is 0 Å². The number of imidazole rings is 1. The molecular formula is C17H20IN3O. The van der Waals surface area contributed by atoms with Crippen molar-refractivity contribution < 1.29 is 4.74 Å². The van der Waals surface area contributed by atoms with Crippen LogP contribution in [0.1, 0.15) is 5.56 Å². The Hall–Kier alpha value is -1.76. The SMILES string of the molecule is Cc1cccc(OCCn2c(=N)n(C)c3ccccc32)c1.I. The van der Waals surface area contributed by atoms with Crippen molar-refractivity contribution in [3.63, 3.8) is 0 Å². The van der Waals surface area contributed by atoms with E-state index in [0.29, 0.717) is 18.8 Å². The molecule has 1 N–H and O–H groups in total. The van der Waals surface area contributed by atoms with Crippen LogP contribution in [0.25, 0.3) is 11.0 Å². The van der Waals surface area contributed by atoms with Gasteiger partial charge in [-0.25, -0.2) is 0 Å². The summed E-state index contributed by atoms with van der Waals surface area (Å²) in [5.41, 5.74) is 3.81. The monoisotopic (exact) mass is 409 g/mol. The number of halogens is 1. The van der Waals surface area contributed by atoms with Crippen molar-refractivity contribution in [2.24, 2.45) is 7.05 Å². The Balaban J connectivity index is 0.00000176. The number of ether oxygens (including phenoxy) is 1. The van der Waals surface area contributed by atoms with E-state index in [0.717, 1.165) is 16.8 Å². The number of para-hydroxylation sites is 2. The summed E-state index contributed by atoms with van der Waals surface area (Å²) in [4.78, 5) is 0. The molecule has 4 nitrogen and oxygen atoms in total. The zero-order chi connectivity index (χ0) is 14.8. The highest BCUT2D eigenvalue weighted by atomic mass is 127. The second-order valence-electron chi connectivity index (χ2n) is 5.19. The first-order valence-electron chi connectivity index (χ1n) is 7.05. The van der Waals surface area contributed by atoms with Crippen LogP contribution < -0.4 is 10.4 Å². The van der Waals surface area contributed by atoms with Gasteiger partial charge in [0.1, 0.15) is 12.4 Å². The number of nitrogens with one attached hydrogen (secondary N) is 1. The van der Waals surface area contributed by atoms with E-state index in [4.69, 9.17) is 10.1 Å². The molecule has 1 aromatic heterocycles. The first-order valence-corrected chi connectivity index (χ1v) is 7.05. The third-order valence-electron chi connectivity index (χ3n) is 3.68. The van der Waals surface area contributed by atoms with Crippen LogP contribution >= 0.6 is 24.0 Å². The van der Waals surface area contributed by atoms with Gasteiger partial charge in [-0.1, -0.05) is 24.3 Å². The molecule has 0 saturated carbocycles. The number of nitrogens with zero attached hydrogens (tertiary/aromatic N) is 2. The van der Waals surface area contributed by atoms with Gasteiger partial charge < -0.3 is 13.9 Å². The molecule has 0 radical (unpaired) electrons. The zero-order valence-corrected chi connectivity index (χ0v) is 15.1.